The topological polar surface area (TPSA) is 0 Å². The van der Waals surface area contributed by atoms with E-state index in [0.717, 1.165) is 25.7 Å². The molecule has 0 N–H and O–H groups in total. The molecule has 0 nitrogen and oxygen atoms in total. The van der Waals surface area contributed by atoms with Gasteiger partial charge in [0, 0.05) is 0 Å². The van der Waals surface area contributed by atoms with Crippen molar-refractivity contribution in [1.82, 2.24) is 0 Å². The Morgan fingerprint density at radius 2 is 0.189 bits per heavy atom. The Kier molecular flexibility index (Phi) is 49.9. The summed E-state index contributed by atoms with van der Waals surface area (Å²) in [5.74, 6) is -42.0. The fourth-order valence-electron chi connectivity index (χ4n) is 11.6. The van der Waals surface area contributed by atoms with Gasteiger partial charge in [0.15, 0.2) is 93.1 Å². The molecule has 0 bridgehead atoms. The first-order valence-electron chi connectivity index (χ1n) is 37.4. The van der Waals surface area contributed by atoms with E-state index in [1.807, 2.05) is 0 Å². The molecule has 0 spiro atoms. The summed E-state index contributed by atoms with van der Waals surface area (Å²) in [6.07, 6.45) is 4.50. The first-order valence-corrected chi connectivity index (χ1v) is 42.8. The summed E-state index contributed by atoms with van der Waals surface area (Å²) < 4.78 is 248. The van der Waals surface area contributed by atoms with E-state index in [1.165, 1.54) is 63.7 Å². The average molecular weight is 2240 g/mol. The molecule has 0 fully saturated rings. The van der Waals surface area contributed by atoms with Gasteiger partial charge in [-0.15, -0.1) is 0 Å². The summed E-state index contributed by atoms with van der Waals surface area (Å²) in [5, 5.41) is 16.8. The predicted octanol–water partition coefficient (Wildman–Crippen LogP) is 23.4. The van der Waals surface area contributed by atoms with Crippen molar-refractivity contribution >= 4 is 95.3 Å². The zero-order valence-electron chi connectivity index (χ0n) is 67.2. The molecule has 132 heavy (non-hydrogen) atoms. The number of hydrogen-bond donors (Lipinski definition) is 0. The third-order valence-corrected chi connectivity index (χ3v) is 27.3. The Labute approximate surface area is 821 Å². The molecular formula is C104H60Ag4F20P4. The molecular weight excluding hydrogens is 2180 g/mol. The van der Waals surface area contributed by atoms with Crippen LogP contribution in [-0.4, -0.2) is 0 Å². The molecule has 0 atom stereocenters. The molecule has 0 saturated carbocycles. The van der Waals surface area contributed by atoms with Crippen molar-refractivity contribution in [2.75, 3.05) is 0 Å². The van der Waals surface area contributed by atoms with E-state index < -0.39 is 170 Å². The van der Waals surface area contributed by atoms with Crippen LogP contribution in [0.2, 0.25) is 0 Å². The van der Waals surface area contributed by atoms with Gasteiger partial charge in [-0.1, -0.05) is 364 Å². The molecule has 16 rings (SSSR count). The summed E-state index contributed by atoms with van der Waals surface area (Å²) in [6, 6.07) is 129. The van der Waals surface area contributed by atoms with Gasteiger partial charge in [0.1, 0.15) is 0 Å². The van der Waals surface area contributed by atoms with E-state index in [1.54, 1.807) is 0 Å². The van der Waals surface area contributed by atoms with Crippen molar-refractivity contribution in [2.45, 2.75) is 0 Å². The van der Waals surface area contributed by atoms with E-state index in [-0.39, 0.29) is 89.5 Å². The fourth-order valence-corrected chi connectivity index (χ4v) is 20.8. The normalized spacial score (nSPS) is 10.3. The Hall–Kier alpha value is -9.20. The van der Waals surface area contributed by atoms with Gasteiger partial charge in [-0.2, -0.15) is 0 Å². The van der Waals surface area contributed by atoms with Crippen LogP contribution in [0.3, 0.4) is 0 Å². The van der Waals surface area contributed by atoms with Gasteiger partial charge in [-0.25, -0.2) is 113 Å². The van der Waals surface area contributed by atoms with E-state index in [0.29, 0.717) is 0 Å². The first-order chi connectivity index (χ1) is 61.8. The van der Waals surface area contributed by atoms with Gasteiger partial charge in [0.05, 0.1) is 0 Å². The zero-order valence-corrected chi connectivity index (χ0v) is 76.7. The Morgan fingerprint density at radius 1 is 0.121 bits per heavy atom. The van der Waals surface area contributed by atoms with Crippen LogP contribution in [0.15, 0.2) is 364 Å². The predicted molar refractivity (Wildman–Crippen MR) is 468 cm³/mol. The van der Waals surface area contributed by atoms with E-state index >= 15 is 0 Å². The summed E-state index contributed by atoms with van der Waals surface area (Å²) in [4.78, 5) is 0. The summed E-state index contributed by atoms with van der Waals surface area (Å²) in [7, 11) is -1.78. The van der Waals surface area contributed by atoms with Crippen molar-refractivity contribution in [3.8, 4) is 0 Å². The maximum absolute atomic E-state index is 12.5. The van der Waals surface area contributed by atoms with Gasteiger partial charge in [-0.05, 0) is 118 Å². The van der Waals surface area contributed by atoms with E-state index in [2.05, 4.69) is 364 Å². The van der Waals surface area contributed by atoms with Crippen molar-refractivity contribution in [3.05, 3.63) is 556 Å². The van der Waals surface area contributed by atoms with Gasteiger partial charge >= 0.3 is 89.5 Å². The van der Waals surface area contributed by atoms with Crippen molar-refractivity contribution < 1.29 is 177 Å². The third kappa shape index (κ3) is 30.4. The van der Waals surface area contributed by atoms with Crippen molar-refractivity contribution in [1.29, 1.82) is 0 Å². The minimum atomic E-state index is -2.24. The molecule has 0 heterocycles. The second-order valence-corrected chi connectivity index (χ2v) is 34.5. The minimum absolute atomic E-state index is 0. The zero-order chi connectivity index (χ0) is 92.3. The quantitative estimate of drug-likeness (QED) is 0.0226. The molecule has 0 amide bonds. The maximum Gasteiger partial charge on any atom is 1.00 e. The van der Waals surface area contributed by atoms with Crippen LogP contribution in [0.1, 0.15) is 22.3 Å². The number of hydrogen-bond acceptors (Lipinski definition) is 0. The molecule has 16 aromatic rings. The van der Waals surface area contributed by atoms with Crippen LogP contribution in [0.4, 0.5) is 87.8 Å². The molecule has 0 aromatic heterocycles. The number of rotatable bonds is 16. The van der Waals surface area contributed by atoms with Crippen LogP contribution in [0, 0.1) is 170 Å². The molecule has 0 aliphatic carbocycles. The Bertz CT molecular complexity index is 4880. The first kappa shape index (κ1) is 113. The molecule has 0 aliphatic rings. The van der Waals surface area contributed by atoms with Gasteiger partial charge in [0.25, 0.3) is 0 Å². The van der Waals surface area contributed by atoms with E-state index in [4.69, 9.17) is 27.7 Å². The summed E-state index contributed by atoms with van der Waals surface area (Å²) >= 11 is 0. The SMILES string of the molecule is [Ag+].[Ag+].[Ag+].[Ag+].[C-][C]c1c(F)c(F)c(F)c(F)c1F.[C-][C]c1c(F)c(F)c(F)c(F)c1F.[C-][C]c1c(F)c(F)c(F)c(F)c1F.[C-][C]c1c(F)c(F)c(F)c(F)c1F.c1ccc(P(c2ccccc2)c2ccccc2)cc1.c1ccc(P(c2ccccc2)c2ccccc2)cc1.c1ccc(P(c2ccccc2)c2ccccc2)cc1.c1ccc(P(c2ccccc2)c2ccccc2)cc1. The van der Waals surface area contributed by atoms with Gasteiger partial charge < -0.3 is 27.7 Å². The van der Waals surface area contributed by atoms with Crippen LogP contribution in [0.25, 0.3) is 0 Å². The fraction of sp³-hybridized carbons (Fsp3) is 0. The summed E-state index contributed by atoms with van der Waals surface area (Å²) in [6.45, 7) is 25.2. The number of halogens is 20. The molecule has 0 aliphatic heterocycles. The largest absolute Gasteiger partial charge is 1.00 e. The molecule has 0 saturated heterocycles. The van der Waals surface area contributed by atoms with Crippen LogP contribution >= 0.6 is 31.7 Å². The molecule has 28 heteroatoms. The smallest absolute Gasteiger partial charge is 0.696 e. The van der Waals surface area contributed by atoms with Crippen molar-refractivity contribution in [2.24, 2.45) is 0 Å². The molecule has 16 radical (unpaired) electrons. The van der Waals surface area contributed by atoms with Crippen LogP contribution < -0.4 is 63.7 Å². The third-order valence-electron chi connectivity index (χ3n) is 17.5. The second kappa shape index (κ2) is 58.2. The average Bonchev–Trinajstić information content (AvgIpc) is 0.802. The standard InChI is InChI=1S/4C18H15P.4C8F5.4Ag/c4*1-4-10-16(11-5-1)19(17-12-6-2-7-13-17)18-14-8-3-9-15-18;4*1-2-3-4(9)6(11)8(13)7(12)5(3)10;;;;/h4*1-15H;;;;;;;;/q;;;;4*-1;4*+1. The minimum Gasteiger partial charge on any atom is -0.696 e. The molecule has 0 unspecified atom stereocenters. The summed E-state index contributed by atoms with van der Waals surface area (Å²) in [5.41, 5.74) is -5.46. The Morgan fingerprint density at radius 3 is 0.258 bits per heavy atom. The van der Waals surface area contributed by atoms with Crippen molar-refractivity contribution in [3.63, 3.8) is 0 Å². The van der Waals surface area contributed by atoms with E-state index in [9.17, 15) is 87.8 Å². The Balaban J connectivity index is 0.000000268. The maximum atomic E-state index is 12.5. The second-order valence-electron chi connectivity index (χ2n) is 25.6. The number of benzene rings is 16. The van der Waals surface area contributed by atoms with Gasteiger partial charge in [0.2, 0.25) is 23.3 Å². The van der Waals surface area contributed by atoms with Crippen LogP contribution in [0.5, 0.6) is 0 Å². The monoisotopic (exact) mass is 2240 g/mol. The van der Waals surface area contributed by atoms with Gasteiger partial charge in [-0.3, -0.25) is 0 Å². The molecule has 16 aromatic carbocycles. The molecule has 680 valence electrons. The van der Waals surface area contributed by atoms with Crippen LogP contribution in [-0.2, 0) is 89.5 Å².